The van der Waals surface area contributed by atoms with Gasteiger partial charge < -0.3 is 5.11 Å². The van der Waals surface area contributed by atoms with E-state index in [2.05, 4.69) is 21.9 Å². The van der Waals surface area contributed by atoms with Gasteiger partial charge in [0.2, 0.25) is 10.0 Å². The number of hydrogen-bond acceptors (Lipinski definition) is 5. The largest absolute Gasteiger partial charge is 0.390 e. The van der Waals surface area contributed by atoms with Crippen LogP contribution in [-0.2, 0) is 16.6 Å². The van der Waals surface area contributed by atoms with Crippen LogP contribution in [0.5, 0.6) is 0 Å². The zero-order chi connectivity index (χ0) is 20.9. The van der Waals surface area contributed by atoms with E-state index in [1.807, 2.05) is 25.2 Å². The van der Waals surface area contributed by atoms with Crippen LogP contribution >= 0.6 is 11.6 Å². The highest BCUT2D eigenvalue weighted by molar-refractivity contribution is 7.89. The van der Waals surface area contributed by atoms with Gasteiger partial charge in [-0.3, -0.25) is 9.80 Å². The summed E-state index contributed by atoms with van der Waals surface area (Å²) in [5.74, 6) is 0. The number of aliphatic hydroxyl groups excluding tert-OH is 1. The third-order valence-corrected chi connectivity index (χ3v) is 7.18. The van der Waals surface area contributed by atoms with E-state index >= 15 is 0 Å². The third-order valence-electron chi connectivity index (χ3n) is 5.05. The smallest absolute Gasteiger partial charge is 0.243 e. The van der Waals surface area contributed by atoms with E-state index in [4.69, 9.17) is 11.6 Å². The first-order valence-corrected chi connectivity index (χ1v) is 11.5. The number of piperazine rings is 1. The van der Waals surface area contributed by atoms with Crippen LogP contribution in [0.15, 0.2) is 59.5 Å². The van der Waals surface area contributed by atoms with Crippen molar-refractivity contribution >= 4 is 21.6 Å². The SMILES string of the molecule is CN(Cc1ccccc1)CC(O)CN1CCN(S(=O)(=O)c2cccc(Cl)c2)CC1. The molecule has 0 saturated carbocycles. The van der Waals surface area contributed by atoms with E-state index in [1.165, 1.54) is 15.9 Å². The Balaban J connectivity index is 1.46. The van der Waals surface area contributed by atoms with Gasteiger partial charge >= 0.3 is 0 Å². The predicted molar refractivity (Wildman–Crippen MR) is 115 cm³/mol. The van der Waals surface area contributed by atoms with Crippen molar-refractivity contribution in [3.8, 4) is 0 Å². The molecule has 2 aromatic carbocycles. The molecule has 1 aliphatic heterocycles. The van der Waals surface area contributed by atoms with E-state index in [-0.39, 0.29) is 4.90 Å². The average molecular weight is 438 g/mol. The van der Waals surface area contributed by atoms with Gasteiger partial charge in [-0.1, -0.05) is 48.0 Å². The van der Waals surface area contributed by atoms with E-state index < -0.39 is 16.1 Å². The van der Waals surface area contributed by atoms with E-state index in [9.17, 15) is 13.5 Å². The Morgan fingerprint density at radius 3 is 2.41 bits per heavy atom. The summed E-state index contributed by atoms with van der Waals surface area (Å²) < 4.78 is 27.0. The fraction of sp³-hybridized carbons (Fsp3) is 0.429. The first kappa shape index (κ1) is 22.2. The van der Waals surface area contributed by atoms with Crippen LogP contribution in [-0.4, -0.2) is 80.0 Å². The number of nitrogens with zero attached hydrogens (tertiary/aromatic N) is 3. The van der Waals surface area contributed by atoms with Crippen LogP contribution in [0.25, 0.3) is 0 Å². The van der Waals surface area contributed by atoms with Crippen molar-refractivity contribution in [3.63, 3.8) is 0 Å². The maximum Gasteiger partial charge on any atom is 0.243 e. The van der Waals surface area contributed by atoms with Crippen molar-refractivity contribution in [2.45, 2.75) is 17.5 Å². The lowest BCUT2D eigenvalue weighted by molar-refractivity contribution is 0.0669. The summed E-state index contributed by atoms with van der Waals surface area (Å²) in [4.78, 5) is 4.44. The first-order valence-electron chi connectivity index (χ1n) is 9.73. The average Bonchev–Trinajstić information content (AvgIpc) is 2.69. The highest BCUT2D eigenvalue weighted by Crippen LogP contribution is 2.21. The number of rotatable bonds is 8. The van der Waals surface area contributed by atoms with Crippen molar-refractivity contribution in [1.29, 1.82) is 0 Å². The summed E-state index contributed by atoms with van der Waals surface area (Å²) in [6, 6.07) is 16.5. The molecule has 1 N–H and O–H groups in total. The summed E-state index contributed by atoms with van der Waals surface area (Å²) in [7, 11) is -1.55. The number of sulfonamides is 1. The molecule has 158 valence electrons. The summed E-state index contributed by atoms with van der Waals surface area (Å²) in [6.45, 7) is 3.88. The normalized spacial score (nSPS) is 17.5. The van der Waals surface area contributed by atoms with Crippen LogP contribution in [0, 0.1) is 0 Å². The minimum atomic E-state index is -3.54. The number of hydrogen-bond donors (Lipinski definition) is 1. The second-order valence-corrected chi connectivity index (χ2v) is 9.87. The molecule has 0 radical (unpaired) electrons. The van der Waals surface area contributed by atoms with Crippen LogP contribution in [0.2, 0.25) is 5.02 Å². The van der Waals surface area contributed by atoms with Gasteiger partial charge in [0, 0.05) is 50.8 Å². The molecule has 2 aromatic rings. The van der Waals surface area contributed by atoms with Crippen molar-refractivity contribution in [2.75, 3.05) is 46.3 Å². The zero-order valence-corrected chi connectivity index (χ0v) is 18.2. The number of likely N-dealkylation sites (N-methyl/N-ethyl adjacent to an activating group) is 1. The monoisotopic (exact) mass is 437 g/mol. The van der Waals surface area contributed by atoms with Gasteiger partial charge in [0.05, 0.1) is 11.0 Å². The van der Waals surface area contributed by atoms with Gasteiger partial charge in [-0.2, -0.15) is 4.31 Å². The number of aliphatic hydroxyl groups is 1. The molecule has 1 heterocycles. The Morgan fingerprint density at radius 2 is 1.76 bits per heavy atom. The molecular weight excluding hydrogens is 410 g/mol. The summed E-state index contributed by atoms with van der Waals surface area (Å²) in [6.07, 6.45) is -0.486. The Labute approximate surface area is 178 Å². The van der Waals surface area contributed by atoms with Gasteiger partial charge in [0.15, 0.2) is 0 Å². The maximum absolute atomic E-state index is 12.8. The Kier molecular flexibility index (Phi) is 7.67. The molecule has 1 atom stereocenters. The molecule has 0 aromatic heterocycles. The lowest BCUT2D eigenvalue weighted by Gasteiger charge is -2.35. The van der Waals surface area contributed by atoms with Crippen molar-refractivity contribution in [1.82, 2.24) is 14.1 Å². The van der Waals surface area contributed by atoms with E-state index in [1.54, 1.807) is 18.2 Å². The molecule has 0 spiro atoms. The predicted octanol–water partition coefficient (Wildman–Crippen LogP) is 2.14. The van der Waals surface area contributed by atoms with E-state index in [0.717, 1.165) is 6.54 Å². The molecule has 0 amide bonds. The molecule has 3 rings (SSSR count). The van der Waals surface area contributed by atoms with Crippen molar-refractivity contribution in [3.05, 3.63) is 65.2 Å². The zero-order valence-electron chi connectivity index (χ0n) is 16.6. The molecule has 1 unspecified atom stereocenters. The lowest BCUT2D eigenvalue weighted by Crippen LogP contribution is -2.51. The maximum atomic E-state index is 12.8. The molecule has 1 saturated heterocycles. The topological polar surface area (TPSA) is 64.1 Å². The van der Waals surface area contributed by atoms with Crippen molar-refractivity contribution < 1.29 is 13.5 Å². The third kappa shape index (κ3) is 6.25. The Bertz CT molecular complexity index is 887. The molecule has 29 heavy (non-hydrogen) atoms. The number of β-amino-alcohol motifs (C(OH)–C–C–N with tert-alkyl or cyclic N) is 1. The first-order chi connectivity index (χ1) is 13.8. The Hall–Kier alpha value is -1.48. The van der Waals surface area contributed by atoms with Gasteiger partial charge in [-0.15, -0.1) is 0 Å². The summed E-state index contributed by atoms with van der Waals surface area (Å²) in [5, 5.41) is 10.9. The highest BCUT2D eigenvalue weighted by Gasteiger charge is 2.29. The van der Waals surface area contributed by atoms with Gasteiger partial charge in [-0.25, -0.2) is 8.42 Å². The molecule has 0 aliphatic carbocycles. The molecule has 8 heteroatoms. The molecule has 6 nitrogen and oxygen atoms in total. The number of halogens is 1. The van der Waals surface area contributed by atoms with Gasteiger partial charge in [0.1, 0.15) is 0 Å². The van der Waals surface area contributed by atoms with Crippen LogP contribution < -0.4 is 0 Å². The molecule has 1 fully saturated rings. The lowest BCUT2D eigenvalue weighted by atomic mass is 10.2. The summed E-state index contributed by atoms with van der Waals surface area (Å²) >= 11 is 5.94. The highest BCUT2D eigenvalue weighted by atomic mass is 35.5. The Morgan fingerprint density at radius 1 is 1.07 bits per heavy atom. The minimum absolute atomic E-state index is 0.223. The summed E-state index contributed by atoms with van der Waals surface area (Å²) in [5.41, 5.74) is 1.21. The van der Waals surface area contributed by atoms with Crippen LogP contribution in [0.3, 0.4) is 0 Å². The quantitative estimate of drug-likeness (QED) is 0.685. The minimum Gasteiger partial charge on any atom is -0.390 e. The molecule has 1 aliphatic rings. The van der Waals surface area contributed by atoms with Crippen LogP contribution in [0.4, 0.5) is 0 Å². The standard InChI is InChI=1S/C21H28ClN3O3S/c1-23(15-18-6-3-2-4-7-18)16-20(26)17-24-10-12-25(13-11-24)29(27,28)21-9-5-8-19(22)14-21/h2-9,14,20,26H,10-13,15-17H2,1H3. The molecule has 0 bridgehead atoms. The van der Waals surface area contributed by atoms with E-state index in [0.29, 0.717) is 44.3 Å². The molecular formula is C21H28ClN3O3S. The van der Waals surface area contributed by atoms with Crippen LogP contribution in [0.1, 0.15) is 5.56 Å². The van der Waals surface area contributed by atoms with Gasteiger partial charge in [0.25, 0.3) is 0 Å². The van der Waals surface area contributed by atoms with Crippen molar-refractivity contribution in [2.24, 2.45) is 0 Å². The fourth-order valence-corrected chi connectivity index (χ4v) is 5.33. The van der Waals surface area contributed by atoms with Gasteiger partial charge in [-0.05, 0) is 30.8 Å². The number of benzene rings is 2. The second-order valence-electron chi connectivity index (χ2n) is 7.50. The second kappa shape index (κ2) is 10.0. The fourth-order valence-electron chi connectivity index (χ4n) is 3.60.